The monoisotopic (exact) mass is 309 g/mol. The van der Waals surface area contributed by atoms with E-state index in [0.29, 0.717) is 10.7 Å². The maximum absolute atomic E-state index is 12.9. The Morgan fingerprint density at radius 3 is 2.52 bits per heavy atom. The molecule has 1 aromatic rings. The SMILES string of the molecule is CC1(C(=O)N(CC(=O)O)c2cccc(Cl)c2)CCCCC1. The summed E-state index contributed by atoms with van der Waals surface area (Å²) in [6.45, 7) is 1.60. The molecule has 1 amide bonds. The molecule has 1 fully saturated rings. The van der Waals surface area contributed by atoms with Crippen LogP contribution in [0.5, 0.6) is 0 Å². The van der Waals surface area contributed by atoms with Gasteiger partial charge in [-0.05, 0) is 31.0 Å². The van der Waals surface area contributed by atoms with Crippen LogP contribution in [-0.2, 0) is 9.59 Å². The second-order valence-corrected chi connectivity index (χ2v) is 6.32. The van der Waals surface area contributed by atoms with Gasteiger partial charge in [-0.2, -0.15) is 0 Å². The maximum Gasteiger partial charge on any atom is 0.323 e. The van der Waals surface area contributed by atoms with E-state index in [0.717, 1.165) is 32.1 Å². The smallest absolute Gasteiger partial charge is 0.323 e. The van der Waals surface area contributed by atoms with Gasteiger partial charge in [0.15, 0.2) is 0 Å². The van der Waals surface area contributed by atoms with Crippen molar-refractivity contribution in [2.75, 3.05) is 11.4 Å². The molecule has 0 unspecified atom stereocenters. The first kappa shape index (κ1) is 15.8. The maximum atomic E-state index is 12.9. The number of carbonyl (C=O) groups is 2. The topological polar surface area (TPSA) is 57.6 Å². The Morgan fingerprint density at radius 2 is 1.95 bits per heavy atom. The average Bonchev–Trinajstić information content (AvgIpc) is 2.44. The third-order valence-electron chi connectivity index (χ3n) is 4.13. The number of benzene rings is 1. The van der Waals surface area contributed by atoms with Gasteiger partial charge in [-0.1, -0.05) is 43.9 Å². The van der Waals surface area contributed by atoms with E-state index in [9.17, 15) is 9.59 Å². The van der Waals surface area contributed by atoms with Crippen LogP contribution in [0.25, 0.3) is 0 Å². The molecule has 1 N–H and O–H groups in total. The lowest BCUT2D eigenvalue weighted by Gasteiger charge is -2.36. The van der Waals surface area contributed by atoms with E-state index < -0.39 is 11.4 Å². The van der Waals surface area contributed by atoms with Crippen molar-refractivity contribution in [2.24, 2.45) is 5.41 Å². The summed E-state index contributed by atoms with van der Waals surface area (Å²) in [5, 5.41) is 9.61. The Morgan fingerprint density at radius 1 is 1.29 bits per heavy atom. The minimum atomic E-state index is -1.03. The number of aliphatic carboxylic acids is 1. The molecule has 0 saturated heterocycles. The van der Waals surface area contributed by atoms with Gasteiger partial charge >= 0.3 is 5.97 Å². The van der Waals surface area contributed by atoms with Crippen LogP contribution in [-0.4, -0.2) is 23.5 Å². The van der Waals surface area contributed by atoms with Crippen LogP contribution >= 0.6 is 11.6 Å². The van der Waals surface area contributed by atoms with Crippen molar-refractivity contribution in [1.29, 1.82) is 0 Å². The van der Waals surface area contributed by atoms with Gasteiger partial charge in [0.2, 0.25) is 5.91 Å². The number of halogens is 1. The van der Waals surface area contributed by atoms with Gasteiger partial charge in [-0.15, -0.1) is 0 Å². The van der Waals surface area contributed by atoms with E-state index in [1.165, 1.54) is 4.90 Å². The average molecular weight is 310 g/mol. The molecular weight excluding hydrogens is 290 g/mol. The Bertz CT molecular complexity index is 538. The van der Waals surface area contributed by atoms with Crippen LogP contribution in [0.1, 0.15) is 39.0 Å². The zero-order chi connectivity index (χ0) is 15.5. The zero-order valence-electron chi connectivity index (χ0n) is 12.1. The molecular formula is C16H20ClNO3. The van der Waals surface area contributed by atoms with Crippen molar-refractivity contribution >= 4 is 29.2 Å². The Hall–Kier alpha value is -1.55. The summed E-state index contributed by atoms with van der Waals surface area (Å²) in [5.41, 5.74) is 0.0671. The highest BCUT2D eigenvalue weighted by Gasteiger charge is 2.38. The number of rotatable bonds is 4. The number of carboxylic acids is 1. The Balaban J connectivity index is 2.31. The molecule has 0 aromatic heterocycles. The van der Waals surface area contributed by atoms with E-state index in [-0.39, 0.29) is 12.5 Å². The van der Waals surface area contributed by atoms with Gasteiger partial charge in [0.25, 0.3) is 0 Å². The first-order valence-corrected chi connectivity index (χ1v) is 7.59. The van der Waals surface area contributed by atoms with Gasteiger partial charge in [-0.3, -0.25) is 9.59 Å². The summed E-state index contributed by atoms with van der Waals surface area (Å²) in [6, 6.07) is 6.79. The molecule has 1 aliphatic rings. The van der Waals surface area contributed by atoms with E-state index in [1.54, 1.807) is 24.3 Å². The van der Waals surface area contributed by atoms with Crippen LogP contribution in [0.2, 0.25) is 5.02 Å². The van der Waals surface area contributed by atoms with Crippen LogP contribution < -0.4 is 4.90 Å². The van der Waals surface area contributed by atoms with Crippen molar-refractivity contribution < 1.29 is 14.7 Å². The predicted molar refractivity (Wildman–Crippen MR) is 82.6 cm³/mol. The fraction of sp³-hybridized carbons (Fsp3) is 0.500. The second-order valence-electron chi connectivity index (χ2n) is 5.89. The molecule has 0 bridgehead atoms. The first-order chi connectivity index (χ1) is 9.92. The lowest BCUT2D eigenvalue weighted by Crippen LogP contribution is -2.46. The van der Waals surface area contributed by atoms with Crippen molar-refractivity contribution in [1.82, 2.24) is 0 Å². The van der Waals surface area contributed by atoms with Gasteiger partial charge < -0.3 is 10.0 Å². The van der Waals surface area contributed by atoms with Crippen molar-refractivity contribution in [3.05, 3.63) is 29.3 Å². The predicted octanol–water partition coefficient (Wildman–Crippen LogP) is 3.73. The minimum Gasteiger partial charge on any atom is -0.480 e. The molecule has 114 valence electrons. The number of hydrogen-bond donors (Lipinski definition) is 1. The van der Waals surface area contributed by atoms with Crippen molar-refractivity contribution in [2.45, 2.75) is 39.0 Å². The third-order valence-corrected chi connectivity index (χ3v) is 4.37. The second kappa shape index (κ2) is 6.48. The largest absolute Gasteiger partial charge is 0.480 e. The fourth-order valence-corrected chi connectivity index (χ4v) is 3.12. The van der Waals surface area contributed by atoms with E-state index in [2.05, 4.69) is 0 Å². The molecule has 1 saturated carbocycles. The van der Waals surface area contributed by atoms with Crippen molar-refractivity contribution in [3.63, 3.8) is 0 Å². The number of carbonyl (C=O) groups excluding carboxylic acids is 1. The molecule has 5 heteroatoms. The van der Waals surface area contributed by atoms with Gasteiger partial charge in [-0.25, -0.2) is 0 Å². The lowest BCUT2D eigenvalue weighted by molar-refractivity contribution is -0.138. The molecule has 0 heterocycles. The third kappa shape index (κ3) is 3.76. The molecule has 2 rings (SSSR count). The minimum absolute atomic E-state index is 0.119. The number of hydrogen-bond acceptors (Lipinski definition) is 2. The quantitative estimate of drug-likeness (QED) is 0.922. The zero-order valence-corrected chi connectivity index (χ0v) is 12.9. The van der Waals surface area contributed by atoms with E-state index in [4.69, 9.17) is 16.7 Å². The van der Waals surface area contributed by atoms with Crippen molar-refractivity contribution in [3.8, 4) is 0 Å². The van der Waals surface area contributed by atoms with Crippen LogP contribution in [0.15, 0.2) is 24.3 Å². The van der Waals surface area contributed by atoms with Gasteiger partial charge in [0.1, 0.15) is 6.54 Å². The fourth-order valence-electron chi connectivity index (χ4n) is 2.93. The number of nitrogens with zero attached hydrogens (tertiary/aromatic N) is 1. The number of anilines is 1. The lowest BCUT2D eigenvalue weighted by atomic mass is 9.74. The summed E-state index contributed by atoms with van der Waals surface area (Å²) < 4.78 is 0. The molecule has 0 spiro atoms. The molecule has 0 aliphatic heterocycles. The van der Waals surface area contributed by atoms with Crippen LogP contribution in [0.3, 0.4) is 0 Å². The molecule has 1 aromatic carbocycles. The van der Waals surface area contributed by atoms with Crippen LogP contribution in [0, 0.1) is 5.41 Å². The summed E-state index contributed by atoms with van der Waals surface area (Å²) >= 11 is 5.97. The summed E-state index contributed by atoms with van der Waals surface area (Å²) in [6.07, 6.45) is 4.78. The Kier molecular flexibility index (Phi) is 4.88. The number of amides is 1. The first-order valence-electron chi connectivity index (χ1n) is 7.22. The number of carboxylic acid groups (broad SMARTS) is 1. The Labute approximate surface area is 129 Å². The molecule has 1 aliphatic carbocycles. The molecule has 4 nitrogen and oxygen atoms in total. The summed E-state index contributed by atoms with van der Waals surface area (Å²) in [4.78, 5) is 25.4. The standard InChI is InChI=1S/C16H20ClNO3/c1-16(8-3-2-4-9-16)15(21)18(11-14(19)20)13-7-5-6-12(17)10-13/h5-7,10H,2-4,8-9,11H2,1H3,(H,19,20). The van der Waals surface area contributed by atoms with E-state index in [1.807, 2.05) is 6.92 Å². The summed E-state index contributed by atoms with van der Waals surface area (Å²) in [7, 11) is 0. The highest BCUT2D eigenvalue weighted by Crippen LogP contribution is 2.38. The highest BCUT2D eigenvalue weighted by atomic mass is 35.5. The van der Waals surface area contributed by atoms with Crippen LogP contribution in [0.4, 0.5) is 5.69 Å². The molecule has 0 atom stereocenters. The van der Waals surface area contributed by atoms with E-state index >= 15 is 0 Å². The van der Waals surface area contributed by atoms with Gasteiger partial charge in [0.05, 0.1) is 0 Å². The summed E-state index contributed by atoms with van der Waals surface area (Å²) in [5.74, 6) is -1.14. The normalized spacial score (nSPS) is 17.2. The van der Waals surface area contributed by atoms with Gasteiger partial charge in [0, 0.05) is 16.1 Å². The molecule has 0 radical (unpaired) electrons. The molecule has 21 heavy (non-hydrogen) atoms. The highest BCUT2D eigenvalue weighted by molar-refractivity contribution is 6.31.